The molecule has 0 saturated carbocycles. The molecular formula is C43H27N3. The van der Waals surface area contributed by atoms with Crippen LogP contribution in [0, 0.1) is 6.57 Å². The molecule has 0 bridgehead atoms. The van der Waals surface area contributed by atoms with Gasteiger partial charge in [-0.3, -0.25) is 0 Å². The van der Waals surface area contributed by atoms with Crippen LogP contribution in [0.1, 0.15) is 0 Å². The summed E-state index contributed by atoms with van der Waals surface area (Å²) >= 11 is 0. The standard InChI is InChI=1S/C43H27N3/c1-44-30-27-25-29(26-28-30)32-15-5-8-22-39(32)46-41-24-10-7-17-34(41)36-19-12-21-38(43(36)46)37-20-11-18-35-33-16-6-9-23-40(33)45(42(35)37)31-13-3-2-4-14-31/h2-28H. The van der Waals surface area contributed by atoms with E-state index >= 15 is 0 Å². The third-order valence-corrected chi connectivity index (χ3v) is 9.15. The van der Waals surface area contributed by atoms with Crippen LogP contribution in [0.5, 0.6) is 0 Å². The van der Waals surface area contributed by atoms with Crippen LogP contribution >= 0.6 is 0 Å². The Morgan fingerprint density at radius 3 is 1.54 bits per heavy atom. The van der Waals surface area contributed by atoms with Gasteiger partial charge in [0.25, 0.3) is 0 Å². The van der Waals surface area contributed by atoms with E-state index in [2.05, 4.69) is 166 Å². The van der Waals surface area contributed by atoms with E-state index in [4.69, 9.17) is 6.57 Å². The van der Waals surface area contributed by atoms with E-state index in [-0.39, 0.29) is 0 Å². The molecule has 214 valence electrons. The van der Waals surface area contributed by atoms with Crippen LogP contribution in [0.4, 0.5) is 5.69 Å². The first-order valence-electron chi connectivity index (χ1n) is 15.5. The highest BCUT2D eigenvalue weighted by Crippen LogP contribution is 2.44. The first kappa shape index (κ1) is 26.1. The van der Waals surface area contributed by atoms with Crippen molar-refractivity contribution in [2.75, 3.05) is 0 Å². The third kappa shape index (κ3) is 3.84. The van der Waals surface area contributed by atoms with Crippen molar-refractivity contribution in [3.8, 4) is 33.6 Å². The van der Waals surface area contributed by atoms with Crippen molar-refractivity contribution in [1.29, 1.82) is 0 Å². The van der Waals surface area contributed by atoms with Gasteiger partial charge in [-0.15, -0.1) is 0 Å². The maximum atomic E-state index is 7.44. The Hall–Kier alpha value is -6.37. The van der Waals surface area contributed by atoms with Crippen LogP contribution in [0.3, 0.4) is 0 Å². The van der Waals surface area contributed by atoms with E-state index in [0.717, 1.165) is 28.0 Å². The normalized spacial score (nSPS) is 11.5. The summed E-state index contributed by atoms with van der Waals surface area (Å²) in [6.45, 7) is 7.44. The molecule has 0 fully saturated rings. The van der Waals surface area contributed by atoms with Crippen LogP contribution in [-0.2, 0) is 0 Å². The molecule has 7 aromatic carbocycles. The zero-order valence-electron chi connectivity index (χ0n) is 24.9. The largest absolute Gasteiger partial charge is 0.309 e. The molecule has 0 saturated heterocycles. The fraction of sp³-hybridized carbons (Fsp3) is 0. The Kier molecular flexibility index (Phi) is 5.88. The number of hydrogen-bond acceptors (Lipinski definition) is 0. The lowest BCUT2D eigenvalue weighted by Crippen LogP contribution is -1.99. The molecule has 0 amide bonds. The molecule has 9 rings (SSSR count). The second kappa shape index (κ2) is 10.4. The number of fused-ring (bicyclic) bond motifs is 6. The van der Waals surface area contributed by atoms with Crippen molar-refractivity contribution in [2.45, 2.75) is 0 Å². The van der Waals surface area contributed by atoms with Gasteiger partial charge in [-0.25, -0.2) is 4.85 Å². The minimum Gasteiger partial charge on any atom is -0.309 e. The first-order chi connectivity index (χ1) is 22.8. The maximum Gasteiger partial charge on any atom is 0.187 e. The van der Waals surface area contributed by atoms with E-state index in [0.29, 0.717) is 5.69 Å². The Balaban J connectivity index is 1.42. The van der Waals surface area contributed by atoms with Gasteiger partial charge in [0.05, 0.1) is 34.3 Å². The molecular weight excluding hydrogens is 558 g/mol. The van der Waals surface area contributed by atoms with Gasteiger partial charge in [0.2, 0.25) is 0 Å². The van der Waals surface area contributed by atoms with Gasteiger partial charge in [-0.2, -0.15) is 0 Å². The molecule has 0 atom stereocenters. The molecule has 3 nitrogen and oxygen atoms in total. The number of nitrogens with zero attached hydrogens (tertiary/aromatic N) is 3. The van der Waals surface area contributed by atoms with Crippen LogP contribution in [-0.4, -0.2) is 9.13 Å². The summed E-state index contributed by atoms with van der Waals surface area (Å²) in [7, 11) is 0. The van der Waals surface area contributed by atoms with Gasteiger partial charge < -0.3 is 9.13 Å². The molecule has 0 aliphatic heterocycles. The smallest absolute Gasteiger partial charge is 0.187 e. The average Bonchev–Trinajstić information content (AvgIpc) is 3.65. The Bertz CT molecular complexity index is 2630. The summed E-state index contributed by atoms with van der Waals surface area (Å²) in [4.78, 5) is 3.62. The Morgan fingerprint density at radius 1 is 0.391 bits per heavy atom. The highest BCUT2D eigenvalue weighted by Gasteiger charge is 2.22. The molecule has 3 heteroatoms. The zero-order chi connectivity index (χ0) is 30.6. The highest BCUT2D eigenvalue weighted by molar-refractivity contribution is 6.19. The summed E-state index contributed by atoms with van der Waals surface area (Å²) < 4.78 is 4.85. The van der Waals surface area contributed by atoms with Crippen molar-refractivity contribution in [2.24, 2.45) is 0 Å². The van der Waals surface area contributed by atoms with Crippen molar-refractivity contribution < 1.29 is 0 Å². The molecule has 0 aliphatic rings. The quantitative estimate of drug-likeness (QED) is 0.182. The van der Waals surface area contributed by atoms with Crippen LogP contribution in [0.25, 0.3) is 82.1 Å². The SMILES string of the molecule is [C-]#[N+]c1ccc(-c2ccccc2-n2c3ccccc3c3cccc(-c4cccc5c6ccccc6n(-c6ccccc6)c45)c32)cc1. The third-order valence-electron chi connectivity index (χ3n) is 9.15. The average molecular weight is 586 g/mol. The summed E-state index contributed by atoms with van der Waals surface area (Å²) in [5.74, 6) is 0. The summed E-state index contributed by atoms with van der Waals surface area (Å²) in [5, 5.41) is 4.90. The molecule has 2 aromatic heterocycles. The predicted molar refractivity (Wildman–Crippen MR) is 192 cm³/mol. The number of rotatable bonds is 4. The topological polar surface area (TPSA) is 14.2 Å². The Morgan fingerprint density at radius 2 is 0.891 bits per heavy atom. The van der Waals surface area contributed by atoms with Gasteiger partial charge in [-0.05, 0) is 35.9 Å². The Labute approximate surface area is 266 Å². The summed E-state index contributed by atoms with van der Waals surface area (Å²) in [5.41, 5.74) is 12.2. The lowest BCUT2D eigenvalue weighted by Gasteiger charge is -2.17. The monoisotopic (exact) mass is 585 g/mol. The number of para-hydroxylation sites is 6. The van der Waals surface area contributed by atoms with E-state index in [1.807, 2.05) is 12.1 Å². The van der Waals surface area contributed by atoms with Crippen LogP contribution in [0.15, 0.2) is 164 Å². The second-order valence-electron chi connectivity index (χ2n) is 11.6. The van der Waals surface area contributed by atoms with Crippen LogP contribution < -0.4 is 0 Å². The van der Waals surface area contributed by atoms with E-state index in [1.54, 1.807) is 0 Å². The lowest BCUT2D eigenvalue weighted by molar-refractivity contribution is 1.17. The fourth-order valence-electron chi connectivity index (χ4n) is 7.20. The molecule has 9 aromatic rings. The van der Waals surface area contributed by atoms with Gasteiger partial charge in [0.15, 0.2) is 5.69 Å². The number of hydrogen-bond donors (Lipinski definition) is 0. The first-order valence-corrected chi connectivity index (χ1v) is 15.5. The molecule has 0 aliphatic carbocycles. The second-order valence-corrected chi connectivity index (χ2v) is 11.6. The zero-order valence-corrected chi connectivity index (χ0v) is 24.9. The number of aromatic nitrogens is 2. The van der Waals surface area contributed by atoms with E-state index in [9.17, 15) is 0 Å². The van der Waals surface area contributed by atoms with Gasteiger partial charge >= 0.3 is 0 Å². The molecule has 46 heavy (non-hydrogen) atoms. The molecule has 0 N–H and O–H groups in total. The fourth-order valence-corrected chi connectivity index (χ4v) is 7.20. The van der Waals surface area contributed by atoms with Crippen molar-refractivity contribution in [1.82, 2.24) is 9.13 Å². The minimum atomic E-state index is 0.641. The molecule has 0 spiro atoms. The minimum absolute atomic E-state index is 0.641. The van der Waals surface area contributed by atoms with Crippen molar-refractivity contribution in [3.63, 3.8) is 0 Å². The van der Waals surface area contributed by atoms with E-state index in [1.165, 1.54) is 49.2 Å². The van der Waals surface area contributed by atoms with Crippen molar-refractivity contribution >= 4 is 49.3 Å². The van der Waals surface area contributed by atoms with Gasteiger partial charge in [0, 0.05) is 43.9 Å². The van der Waals surface area contributed by atoms with Crippen LogP contribution in [0.2, 0.25) is 0 Å². The molecule has 0 unspecified atom stereocenters. The summed E-state index contributed by atoms with van der Waals surface area (Å²) in [6.07, 6.45) is 0. The van der Waals surface area contributed by atoms with Gasteiger partial charge in [-0.1, -0.05) is 133 Å². The number of benzene rings is 7. The lowest BCUT2D eigenvalue weighted by atomic mass is 9.98. The molecule has 2 heterocycles. The highest BCUT2D eigenvalue weighted by atomic mass is 15.0. The summed E-state index contributed by atoms with van der Waals surface area (Å²) in [6, 6.07) is 58.0. The van der Waals surface area contributed by atoms with Gasteiger partial charge in [0.1, 0.15) is 0 Å². The van der Waals surface area contributed by atoms with Crippen molar-refractivity contribution in [3.05, 3.63) is 175 Å². The molecule has 0 radical (unpaired) electrons. The predicted octanol–water partition coefficient (Wildman–Crippen LogP) is 11.8. The van der Waals surface area contributed by atoms with E-state index < -0.39 is 0 Å². The maximum absolute atomic E-state index is 7.44.